The highest BCUT2D eigenvalue weighted by Gasteiger charge is 2.25. The van der Waals surface area contributed by atoms with Crippen molar-refractivity contribution < 1.29 is 29.4 Å². The summed E-state index contributed by atoms with van der Waals surface area (Å²) in [4.78, 5) is 52.8. The number of guanidine groups is 1. The van der Waals surface area contributed by atoms with Gasteiger partial charge in [-0.2, -0.15) is 0 Å². The molecule has 2 rings (SSSR count). The Bertz CT molecular complexity index is 1140. The summed E-state index contributed by atoms with van der Waals surface area (Å²) in [6, 6.07) is 9.29. The Hall–Kier alpha value is -4.49. The number of amides is 2. The first-order valence-electron chi connectivity index (χ1n) is 12.7. The minimum absolute atomic E-state index is 0.0622. The summed E-state index contributed by atoms with van der Waals surface area (Å²) in [7, 11) is 0. The molecule has 0 saturated carbocycles. The van der Waals surface area contributed by atoms with Gasteiger partial charge in [-0.05, 0) is 68.0 Å². The molecule has 0 aliphatic carbocycles. The van der Waals surface area contributed by atoms with E-state index in [1.54, 1.807) is 24.3 Å². The number of rotatable bonds is 17. The SMILES string of the molecule is C[C@H](NC(=O)[C@H](Cc1ccc(O)cc1)NN[C@H](C=O)Cc1ccc(O)cc1)C(=O)N[C@H](C=O)CCCN=C(N)N. The Morgan fingerprint density at radius 1 is 0.825 bits per heavy atom. The first kappa shape index (κ1) is 31.7. The largest absolute Gasteiger partial charge is 0.508 e. The van der Waals surface area contributed by atoms with Gasteiger partial charge in [-0.15, -0.1) is 0 Å². The average Bonchev–Trinajstić information content (AvgIpc) is 2.93. The lowest BCUT2D eigenvalue weighted by Gasteiger charge is -2.24. The summed E-state index contributed by atoms with van der Waals surface area (Å²) in [5.74, 6) is -0.979. The molecule has 4 atom stereocenters. The minimum Gasteiger partial charge on any atom is -0.508 e. The third-order valence-electron chi connectivity index (χ3n) is 5.90. The molecule has 0 aromatic heterocycles. The summed E-state index contributed by atoms with van der Waals surface area (Å²) < 4.78 is 0. The molecule has 2 amide bonds. The van der Waals surface area contributed by atoms with Crippen LogP contribution in [0.1, 0.15) is 30.9 Å². The summed E-state index contributed by atoms with van der Waals surface area (Å²) in [6.45, 7) is 1.79. The van der Waals surface area contributed by atoms with Gasteiger partial charge in [-0.1, -0.05) is 24.3 Å². The molecule has 2 aromatic carbocycles. The van der Waals surface area contributed by atoms with E-state index in [9.17, 15) is 29.4 Å². The number of hydrazine groups is 1. The maximum Gasteiger partial charge on any atom is 0.242 e. The van der Waals surface area contributed by atoms with Gasteiger partial charge >= 0.3 is 0 Å². The molecule has 10 N–H and O–H groups in total. The van der Waals surface area contributed by atoms with Gasteiger partial charge in [-0.25, -0.2) is 10.9 Å². The smallest absolute Gasteiger partial charge is 0.242 e. The van der Waals surface area contributed by atoms with E-state index in [4.69, 9.17) is 11.5 Å². The number of phenols is 2. The zero-order valence-electron chi connectivity index (χ0n) is 22.2. The predicted octanol–water partition coefficient (Wildman–Crippen LogP) is -0.845. The summed E-state index contributed by atoms with van der Waals surface area (Å²) in [5.41, 5.74) is 17.8. The highest BCUT2D eigenvalue weighted by molar-refractivity contribution is 5.90. The zero-order chi connectivity index (χ0) is 29.5. The van der Waals surface area contributed by atoms with Crippen molar-refractivity contribution in [3.05, 3.63) is 59.7 Å². The number of nitrogens with two attached hydrogens (primary N) is 2. The lowest BCUT2D eigenvalue weighted by atomic mass is 10.0. The monoisotopic (exact) mass is 555 g/mol. The van der Waals surface area contributed by atoms with E-state index in [1.165, 1.54) is 31.2 Å². The highest BCUT2D eigenvalue weighted by atomic mass is 16.3. The van der Waals surface area contributed by atoms with Crippen LogP contribution in [0.25, 0.3) is 0 Å². The first-order valence-corrected chi connectivity index (χ1v) is 12.7. The molecule has 216 valence electrons. The van der Waals surface area contributed by atoms with Crippen molar-refractivity contribution in [1.29, 1.82) is 0 Å². The van der Waals surface area contributed by atoms with E-state index in [0.717, 1.165) is 5.56 Å². The molecule has 0 aliphatic rings. The Kier molecular flexibility index (Phi) is 13.1. The third-order valence-corrected chi connectivity index (χ3v) is 5.90. The molecule has 0 aliphatic heterocycles. The van der Waals surface area contributed by atoms with Gasteiger partial charge in [0.15, 0.2) is 5.96 Å². The van der Waals surface area contributed by atoms with Crippen LogP contribution in [0, 0.1) is 0 Å². The first-order chi connectivity index (χ1) is 19.1. The number of benzene rings is 2. The third kappa shape index (κ3) is 11.5. The van der Waals surface area contributed by atoms with Gasteiger partial charge in [0.05, 0.1) is 12.1 Å². The second-order valence-corrected chi connectivity index (χ2v) is 9.26. The minimum atomic E-state index is -0.976. The second kappa shape index (κ2) is 16.5. The van der Waals surface area contributed by atoms with Crippen molar-refractivity contribution >= 4 is 30.3 Å². The summed E-state index contributed by atoms with van der Waals surface area (Å²) in [6.07, 6.45) is 2.54. The van der Waals surface area contributed by atoms with Crippen molar-refractivity contribution in [2.24, 2.45) is 16.5 Å². The average molecular weight is 556 g/mol. The predicted molar refractivity (Wildman–Crippen MR) is 149 cm³/mol. The van der Waals surface area contributed by atoms with Crippen LogP contribution >= 0.6 is 0 Å². The molecular weight excluding hydrogens is 518 g/mol. The molecule has 0 bridgehead atoms. The molecule has 0 saturated heterocycles. The number of hydrogen-bond donors (Lipinski definition) is 8. The van der Waals surface area contributed by atoms with Gasteiger partial charge in [0.25, 0.3) is 0 Å². The molecule has 2 aromatic rings. The van der Waals surface area contributed by atoms with Gasteiger partial charge in [0.1, 0.15) is 36.2 Å². The van der Waals surface area contributed by atoms with Crippen molar-refractivity contribution in [2.75, 3.05) is 6.54 Å². The van der Waals surface area contributed by atoms with E-state index in [-0.39, 0.29) is 23.9 Å². The molecule has 40 heavy (non-hydrogen) atoms. The Labute approximate surface area is 232 Å². The molecule has 13 nitrogen and oxygen atoms in total. The fourth-order valence-corrected chi connectivity index (χ4v) is 3.68. The molecule has 0 unspecified atom stereocenters. The fraction of sp³-hybridized carbons (Fsp3) is 0.370. The van der Waals surface area contributed by atoms with Gasteiger partial charge in [-0.3, -0.25) is 14.6 Å². The van der Waals surface area contributed by atoms with E-state index in [2.05, 4.69) is 26.5 Å². The van der Waals surface area contributed by atoms with Crippen LogP contribution in [-0.4, -0.2) is 71.3 Å². The van der Waals surface area contributed by atoms with Gasteiger partial charge in [0.2, 0.25) is 11.8 Å². The number of carbonyl (C=O) groups excluding carboxylic acids is 4. The molecule has 13 heteroatoms. The zero-order valence-corrected chi connectivity index (χ0v) is 22.2. The van der Waals surface area contributed by atoms with Gasteiger partial charge < -0.3 is 41.9 Å². The van der Waals surface area contributed by atoms with E-state index < -0.39 is 36.0 Å². The summed E-state index contributed by atoms with van der Waals surface area (Å²) in [5, 5.41) is 24.3. The molecule has 0 spiro atoms. The van der Waals surface area contributed by atoms with Crippen LogP contribution in [-0.2, 0) is 32.0 Å². The number of aromatic hydroxyl groups is 2. The van der Waals surface area contributed by atoms with Crippen LogP contribution in [0.4, 0.5) is 0 Å². The molecule has 0 fully saturated rings. The van der Waals surface area contributed by atoms with Crippen molar-refractivity contribution in [3.8, 4) is 11.5 Å². The van der Waals surface area contributed by atoms with Crippen LogP contribution in [0.2, 0.25) is 0 Å². The highest BCUT2D eigenvalue weighted by Crippen LogP contribution is 2.13. The maximum absolute atomic E-state index is 13.2. The number of nitrogens with zero attached hydrogens (tertiary/aromatic N) is 1. The second-order valence-electron chi connectivity index (χ2n) is 9.26. The molecular formula is C27H37N7O6. The Balaban J connectivity index is 2.02. The molecule has 0 radical (unpaired) electrons. The number of aliphatic imine (C=N–C) groups is 1. The molecule has 0 heterocycles. The number of carbonyl (C=O) groups is 4. The number of phenolic OH excluding ortho intramolecular Hbond substituents is 2. The summed E-state index contributed by atoms with van der Waals surface area (Å²) >= 11 is 0. The van der Waals surface area contributed by atoms with E-state index in [0.29, 0.717) is 43.9 Å². The number of hydrogen-bond acceptors (Lipinski definition) is 9. The lowest BCUT2D eigenvalue weighted by Crippen LogP contribution is -2.58. The van der Waals surface area contributed by atoms with E-state index in [1.807, 2.05) is 0 Å². The Morgan fingerprint density at radius 2 is 1.38 bits per heavy atom. The topological polar surface area (TPSA) is 221 Å². The number of aldehydes is 2. The van der Waals surface area contributed by atoms with Crippen LogP contribution in [0.15, 0.2) is 53.5 Å². The van der Waals surface area contributed by atoms with Crippen molar-refractivity contribution in [3.63, 3.8) is 0 Å². The van der Waals surface area contributed by atoms with Crippen LogP contribution in [0.5, 0.6) is 11.5 Å². The van der Waals surface area contributed by atoms with Crippen LogP contribution < -0.4 is 33.0 Å². The van der Waals surface area contributed by atoms with E-state index >= 15 is 0 Å². The lowest BCUT2D eigenvalue weighted by molar-refractivity contribution is -0.130. The maximum atomic E-state index is 13.2. The van der Waals surface area contributed by atoms with Gasteiger partial charge in [0, 0.05) is 6.54 Å². The quantitative estimate of drug-likeness (QED) is 0.0397. The Morgan fingerprint density at radius 3 is 1.90 bits per heavy atom. The normalized spacial score (nSPS) is 13.7. The standard InChI is InChI=1S/C27H37N7O6/c1-17(25(39)32-20(15-35)3-2-12-30-27(28)29)31-26(40)24(14-19-6-10-23(38)11-7-19)34-33-21(16-36)13-18-4-8-22(37)9-5-18/h4-11,15-17,20-21,24,33-34,37-38H,2-3,12-14H2,1H3,(H,31,40)(H,32,39)(H4,28,29,30)/t17-,20-,21-,24-/m0/s1. The number of nitrogens with one attached hydrogen (secondary N) is 4. The van der Waals surface area contributed by atoms with Crippen molar-refractivity contribution in [1.82, 2.24) is 21.5 Å². The fourth-order valence-electron chi connectivity index (χ4n) is 3.68. The van der Waals surface area contributed by atoms with Crippen molar-refractivity contribution in [2.45, 2.75) is 56.8 Å². The van der Waals surface area contributed by atoms with Crippen LogP contribution in [0.3, 0.4) is 0 Å².